The summed E-state index contributed by atoms with van der Waals surface area (Å²) in [6, 6.07) is 3.76. The minimum atomic E-state index is -0.540. The van der Waals surface area contributed by atoms with Crippen molar-refractivity contribution in [2.45, 2.75) is 59.5 Å². The number of esters is 1. The van der Waals surface area contributed by atoms with Gasteiger partial charge in [-0.15, -0.1) is 0 Å². The molecule has 1 aromatic carbocycles. The summed E-state index contributed by atoms with van der Waals surface area (Å²) in [5.41, 5.74) is 2.31. The molecule has 0 saturated carbocycles. The van der Waals surface area contributed by atoms with Crippen molar-refractivity contribution in [1.29, 1.82) is 0 Å². The van der Waals surface area contributed by atoms with Gasteiger partial charge < -0.3 is 19.5 Å². The number of alkyl carbamates (subject to hydrolysis) is 1. The van der Waals surface area contributed by atoms with Crippen LogP contribution in [0, 0.1) is 6.92 Å². The van der Waals surface area contributed by atoms with Crippen LogP contribution in [-0.2, 0) is 20.7 Å². The summed E-state index contributed by atoms with van der Waals surface area (Å²) in [7, 11) is 1.62. The lowest BCUT2D eigenvalue weighted by molar-refractivity contribution is -0.137. The first-order valence-electron chi connectivity index (χ1n) is 9.66. The highest BCUT2D eigenvalue weighted by Crippen LogP contribution is 2.26. The number of benzene rings is 1. The number of ether oxygens (including phenoxy) is 3. The van der Waals surface area contributed by atoms with E-state index in [1.165, 1.54) is 6.08 Å². The summed E-state index contributed by atoms with van der Waals surface area (Å²) in [4.78, 5) is 23.7. The zero-order chi connectivity index (χ0) is 21.2. The number of hydrogen-bond donors (Lipinski definition) is 1. The van der Waals surface area contributed by atoms with Gasteiger partial charge in [-0.2, -0.15) is 0 Å². The summed E-state index contributed by atoms with van der Waals surface area (Å²) >= 11 is 0. The number of nitrogens with one attached hydrogen (secondary N) is 1. The average Bonchev–Trinajstić information content (AvgIpc) is 2.60. The van der Waals surface area contributed by atoms with Gasteiger partial charge in [0, 0.05) is 12.6 Å². The van der Waals surface area contributed by atoms with E-state index in [-0.39, 0.29) is 5.97 Å². The van der Waals surface area contributed by atoms with Crippen molar-refractivity contribution in [3.63, 3.8) is 0 Å². The topological polar surface area (TPSA) is 73.9 Å². The van der Waals surface area contributed by atoms with Crippen molar-refractivity contribution < 1.29 is 23.8 Å². The van der Waals surface area contributed by atoms with Crippen LogP contribution in [0.2, 0.25) is 0 Å². The van der Waals surface area contributed by atoms with Crippen LogP contribution in [0.25, 0.3) is 6.08 Å². The molecule has 0 atom stereocenters. The second-order valence-electron chi connectivity index (χ2n) is 7.49. The number of unbranched alkanes of at least 4 members (excludes halogenated alkanes) is 1. The molecule has 0 unspecified atom stereocenters. The van der Waals surface area contributed by atoms with E-state index in [0.717, 1.165) is 35.3 Å². The molecule has 0 aliphatic heterocycles. The molecule has 0 bridgehead atoms. The minimum absolute atomic E-state index is 0.361. The van der Waals surface area contributed by atoms with Crippen molar-refractivity contribution in [2.24, 2.45) is 0 Å². The fourth-order valence-electron chi connectivity index (χ4n) is 2.59. The van der Waals surface area contributed by atoms with Gasteiger partial charge in [0.05, 0.1) is 13.7 Å². The number of methoxy groups -OCH3 is 1. The summed E-state index contributed by atoms with van der Waals surface area (Å²) in [6.45, 7) is 10.3. The molecular formula is C22H33NO5. The van der Waals surface area contributed by atoms with Crippen LogP contribution < -0.4 is 10.1 Å². The molecule has 28 heavy (non-hydrogen) atoms. The summed E-state index contributed by atoms with van der Waals surface area (Å²) in [5.74, 6) is 0.398. The molecule has 0 spiro atoms. The largest absolute Gasteiger partial charge is 0.496 e. The fourth-order valence-corrected chi connectivity index (χ4v) is 2.59. The molecule has 0 fully saturated rings. The molecule has 0 saturated heterocycles. The van der Waals surface area contributed by atoms with Crippen LogP contribution >= 0.6 is 0 Å². The third-order valence-electron chi connectivity index (χ3n) is 3.99. The van der Waals surface area contributed by atoms with E-state index in [4.69, 9.17) is 14.2 Å². The first kappa shape index (κ1) is 23.5. The maximum atomic E-state index is 11.8. The molecule has 0 radical (unpaired) electrons. The van der Waals surface area contributed by atoms with E-state index in [9.17, 15) is 9.59 Å². The normalized spacial score (nSPS) is 11.4. The lowest BCUT2D eigenvalue weighted by Crippen LogP contribution is -2.33. The molecule has 0 aliphatic carbocycles. The zero-order valence-corrected chi connectivity index (χ0v) is 17.9. The molecule has 0 aliphatic rings. The Kier molecular flexibility index (Phi) is 9.56. The van der Waals surface area contributed by atoms with Gasteiger partial charge in [0.1, 0.15) is 11.4 Å². The molecule has 0 aromatic heterocycles. The number of rotatable bonds is 9. The van der Waals surface area contributed by atoms with Crippen LogP contribution in [0.4, 0.5) is 4.79 Å². The molecule has 6 nitrogen and oxygen atoms in total. The summed E-state index contributed by atoms with van der Waals surface area (Å²) in [6.07, 6.45) is 5.12. The smallest absolute Gasteiger partial charge is 0.407 e. The summed E-state index contributed by atoms with van der Waals surface area (Å²) in [5, 5.41) is 2.76. The third-order valence-corrected chi connectivity index (χ3v) is 3.99. The van der Waals surface area contributed by atoms with E-state index in [0.29, 0.717) is 19.6 Å². The van der Waals surface area contributed by atoms with Gasteiger partial charge in [-0.3, -0.25) is 0 Å². The summed E-state index contributed by atoms with van der Waals surface area (Å²) < 4.78 is 15.8. The molecule has 1 amide bonds. The van der Waals surface area contributed by atoms with Gasteiger partial charge in [0.25, 0.3) is 0 Å². The maximum Gasteiger partial charge on any atom is 0.407 e. The Morgan fingerprint density at radius 2 is 1.93 bits per heavy atom. The van der Waals surface area contributed by atoms with E-state index < -0.39 is 11.7 Å². The van der Waals surface area contributed by atoms with Gasteiger partial charge in [-0.25, -0.2) is 9.59 Å². The monoisotopic (exact) mass is 391 g/mol. The predicted octanol–water partition coefficient (Wildman–Crippen LogP) is 4.43. The SMILES string of the molecule is CCCCOC(=O)C=Cc1ccc(OC)c(C)c1CCNC(=O)OC(C)(C)C. The second kappa shape index (κ2) is 11.4. The highest BCUT2D eigenvalue weighted by molar-refractivity contribution is 5.87. The Hall–Kier alpha value is -2.50. The van der Waals surface area contributed by atoms with Gasteiger partial charge in [0.2, 0.25) is 0 Å². The van der Waals surface area contributed by atoms with Crippen molar-refractivity contribution in [3.05, 3.63) is 34.9 Å². The average molecular weight is 392 g/mol. The number of carbonyl (C=O) groups is 2. The standard InChI is InChI=1S/C22H33NO5/c1-7-8-15-27-20(24)12-10-17-9-11-19(26-6)16(2)18(17)13-14-23-21(25)28-22(3,4)5/h9-12H,7-8,13-15H2,1-6H3,(H,23,25). The van der Waals surface area contributed by atoms with Gasteiger partial charge in [-0.05, 0) is 69.4 Å². The number of carbonyl (C=O) groups excluding carboxylic acids is 2. The molecule has 1 N–H and O–H groups in total. The Morgan fingerprint density at radius 1 is 1.21 bits per heavy atom. The van der Waals surface area contributed by atoms with Gasteiger partial charge in [0.15, 0.2) is 0 Å². The fraction of sp³-hybridized carbons (Fsp3) is 0.545. The molecular weight excluding hydrogens is 358 g/mol. The quantitative estimate of drug-likeness (QED) is 0.383. The van der Waals surface area contributed by atoms with E-state index in [1.807, 2.05) is 46.8 Å². The Bertz CT molecular complexity index is 689. The Labute approximate surface area is 168 Å². The molecule has 1 aromatic rings. The van der Waals surface area contributed by atoms with Crippen molar-refractivity contribution >= 4 is 18.1 Å². The maximum absolute atomic E-state index is 11.8. The van der Waals surface area contributed by atoms with Crippen LogP contribution in [0.15, 0.2) is 18.2 Å². The number of amides is 1. The van der Waals surface area contributed by atoms with Crippen LogP contribution in [0.3, 0.4) is 0 Å². The van der Waals surface area contributed by atoms with Crippen molar-refractivity contribution in [1.82, 2.24) is 5.32 Å². The van der Waals surface area contributed by atoms with Gasteiger partial charge in [-0.1, -0.05) is 19.4 Å². The first-order chi connectivity index (χ1) is 13.2. The lowest BCUT2D eigenvalue weighted by atomic mass is 9.97. The zero-order valence-electron chi connectivity index (χ0n) is 17.9. The number of hydrogen-bond acceptors (Lipinski definition) is 5. The highest BCUT2D eigenvalue weighted by atomic mass is 16.6. The minimum Gasteiger partial charge on any atom is -0.496 e. The van der Waals surface area contributed by atoms with Crippen LogP contribution in [-0.4, -0.2) is 37.9 Å². The van der Waals surface area contributed by atoms with Crippen molar-refractivity contribution in [3.8, 4) is 5.75 Å². The van der Waals surface area contributed by atoms with Crippen LogP contribution in [0.1, 0.15) is 57.2 Å². The third kappa shape index (κ3) is 8.46. The second-order valence-corrected chi connectivity index (χ2v) is 7.49. The lowest BCUT2D eigenvalue weighted by Gasteiger charge is -2.20. The molecule has 1 rings (SSSR count). The van der Waals surface area contributed by atoms with E-state index >= 15 is 0 Å². The Morgan fingerprint density at radius 3 is 2.54 bits per heavy atom. The first-order valence-corrected chi connectivity index (χ1v) is 9.66. The Balaban J connectivity index is 2.84. The van der Waals surface area contributed by atoms with E-state index in [2.05, 4.69) is 5.32 Å². The van der Waals surface area contributed by atoms with Crippen molar-refractivity contribution in [2.75, 3.05) is 20.3 Å². The van der Waals surface area contributed by atoms with E-state index in [1.54, 1.807) is 13.2 Å². The molecule has 156 valence electrons. The predicted molar refractivity (Wildman–Crippen MR) is 111 cm³/mol. The highest BCUT2D eigenvalue weighted by Gasteiger charge is 2.16. The molecule has 0 heterocycles. The molecule has 6 heteroatoms. The van der Waals surface area contributed by atoms with Crippen LogP contribution in [0.5, 0.6) is 5.75 Å². The van der Waals surface area contributed by atoms with Gasteiger partial charge >= 0.3 is 12.1 Å².